The van der Waals surface area contributed by atoms with E-state index in [4.69, 9.17) is 5.73 Å². The number of anilines is 1. The van der Waals surface area contributed by atoms with Crippen LogP contribution in [0.3, 0.4) is 0 Å². The van der Waals surface area contributed by atoms with Gasteiger partial charge in [-0.15, -0.1) is 0 Å². The summed E-state index contributed by atoms with van der Waals surface area (Å²) in [4.78, 5) is 34.3. The summed E-state index contributed by atoms with van der Waals surface area (Å²) in [6.45, 7) is 0.247. The second kappa shape index (κ2) is 9.07. The molecule has 0 heterocycles. The van der Waals surface area contributed by atoms with Crippen molar-refractivity contribution in [2.75, 3.05) is 11.9 Å². The van der Waals surface area contributed by atoms with E-state index in [0.717, 1.165) is 11.1 Å². The quantitative estimate of drug-likeness (QED) is 0.606. The van der Waals surface area contributed by atoms with E-state index in [1.165, 1.54) is 0 Å². The number of primary amides is 1. The average Bonchev–Trinajstić information content (AvgIpc) is 2.60. The van der Waals surface area contributed by atoms with Crippen molar-refractivity contribution in [2.24, 2.45) is 5.73 Å². The molecule has 5 N–H and O–H groups in total. The van der Waals surface area contributed by atoms with Crippen molar-refractivity contribution < 1.29 is 14.4 Å². The van der Waals surface area contributed by atoms with Crippen molar-refractivity contribution >= 4 is 23.5 Å². The van der Waals surface area contributed by atoms with E-state index >= 15 is 0 Å². The van der Waals surface area contributed by atoms with Crippen molar-refractivity contribution in [1.29, 1.82) is 0 Å². The SMILES string of the molecule is NC(=O)Nc1ccc(CNC(=O)CNC(=O)Cc2ccccc2)cc1. The maximum absolute atomic E-state index is 11.8. The van der Waals surface area contributed by atoms with Crippen LogP contribution in [0.1, 0.15) is 11.1 Å². The maximum atomic E-state index is 11.8. The smallest absolute Gasteiger partial charge is 0.316 e. The van der Waals surface area contributed by atoms with E-state index in [2.05, 4.69) is 16.0 Å². The molecular formula is C18H20N4O3. The van der Waals surface area contributed by atoms with Gasteiger partial charge in [-0.3, -0.25) is 9.59 Å². The van der Waals surface area contributed by atoms with Crippen LogP contribution in [0.2, 0.25) is 0 Å². The Hall–Kier alpha value is -3.35. The lowest BCUT2D eigenvalue weighted by Crippen LogP contribution is -2.37. The van der Waals surface area contributed by atoms with Crippen LogP contribution in [0, 0.1) is 0 Å². The standard InChI is InChI=1S/C18H20N4O3/c19-18(25)22-15-8-6-14(7-9-15)11-20-17(24)12-21-16(23)10-13-4-2-1-3-5-13/h1-9H,10-12H2,(H,20,24)(H,21,23)(H3,19,22,25). The summed E-state index contributed by atoms with van der Waals surface area (Å²) < 4.78 is 0. The summed E-state index contributed by atoms with van der Waals surface area (Å²) in [5, 5.41) is 7.75. The van der Waals surface area contributed by atoms with Gasteiger partial charge >= 0.3 is 6.03 Å². The number of amides is 4. The van der Waals surface area contributed by atoms with Crippen LogP contribution in [0.15, 0.2) is 54.6 Å². The molecule has 7 nitrogen and oxygen atoms in total. The number of hydrogen-bond acceptors (Lipinski definition) is 3. The second-order valence-corrected chi connectivity index (χ2v) is 5.40. The average molecular weight is 340 g/mol. The van der Waals surface area contributed by atoms with Crippen molar-refractivity contribution in [2.45, 2.75) is 13.0 Å². The fourth-order valence-electron chi connectivity index (χ4n) is 2.13. The van der Waals surface area contributed by atoms with Gasteiger partial charge in [0.1, 0.15) is 0 Å². The van der Waals surface area contributed by atoms with Crippen molar-refractivity contribution in [1.82, 2.24) is 10.6 Å². The number of rotatable bonds is 7. The molecule has 0 fully saturated rings. The summed E-state index contributed by atoms with van der Waals surface area (Å²) >= 11 is 0. The monoisotopic (exact) mass is 340 g/mol. The van der Waals surface area contributed by atoms with Crippen LogP contribution in [0.5, 0.6) is 0 Å². The molecule has 0 aliphatic rings. The number of hydrogen-bond donors (Lipinski definition) is 4. The highest BCUT2D eigenvalue weighted by Gasteiger charge is 2.06. The zero-order valence-electron chi connectivity index (χ0n) is 13.6. The molecule has 2 aromatic carbocycles. The maximum Gasteiger partial charge on any atom is 0.316 e. The molecule has 2 aromatic rings. The predicted molar refractivity (Wildman–Crippen MR) is 94.7 cm³/mol. The Morgan fingerprint density at radius 3 is 2.12 bits per heavy atom. The lowest BCUT2D eigenvalue weighted by atomic mass is 10.1. The molecule has 0 atom stereocenters. The van der Waals surface area contributed by atoms with E-state index in [9.17, 15) is 14.4 Å². The van der Waals surface area contributed by atoms with E-state index in [1.807, 2.05) is 30.3 Å². The van der Waals surface area contributed by atoms with Gasteiger partial charge in [0, 0.05) is 12.2 Å². The molecule has 4 amide bonds. The zero-order chi connectivity index (χ0) is 18.1. The molecule has 0 saturated carbocycles. The highest BCUT2D eigenvalue weighted by atomic mass is 16.2. The lowest BCUT2D eigenvalue weighted by Gasteiger charge is -2.08. The topological polar surface area (TPSA) is 113 Å². The first kappa shape index (κ1) is 18.0. The first-order valence-corrected chi connectivity index (χ1v) is 7.75. The lowest BCUT2D eigenvalue weighted by molar-refractivity contribution is -0.125. The van der Waals surface area contributed by atoms with Gasteiger partial charge in [-0.25, -0.2) is 4.79 Å². The molecular weight excluding hydrogens is 320 g/mol. The van der Waals surface area contributed by atoms with Gasteiger partial charge in [0.15, 0.2) is 0 Å². The van der Waals surface area contributed by atoms with Gasteiger partial charge in [-0.05, 0) is 23.3 Å². The van der Waals surface area contributed by atoms with Gasteiger partial charge in [0.25, 0.3) is 0 Å². The van der Waals surface area contributed by atoms with Crippen molar-refractivity contribution in [3.63, 3.8) is 0 Å². The summed E-state index contributed by atoms with van der Waals surface area (Å²) in [5.74, 6) is -0.482. The van der Waals surface area contributed by atoms with Gasteiger partial charge in [0.2, 0.25) is 11.8 Å². The fraction of sp³-hybridized carbons (Fsp3) is 0.167. The molecule has 130 valence electrons. The van der Waals surface area contributed by atoms with E-state index in [-0.39, 0.29) is 24.8 Å². The van der Waals surface area contributed by atoms with Crippen LogP contribution in [0.25, 0.3) is 0 Å². The normalized spacial score (nSPS) is 9.92. The molecule has 0 saturated heterocycles. The Morgan fingerprint density at radius 2 is 1.48 bits per heavy atom. The van der Waals surface area contributed by atoms with Crippen LogP contribution in [0.4, 0.5) is 10.5 Å². The van der Waals surface area contributed by atoms with Crippen LogP contribution in [-0.4, -0.2) is 24.4 Å². The van der Waals surface area contributed by atoms with E-state index in [0.29, 0.717) is 12.2 Å². The Morgan fingerprint density at radius 1 is 0.800 bits per heavy atom. The number of benzene rings is 2. The molecule has 0 aromatic heterocycles. The molecule has 0 radical (unpaired) electrons. The highest BCUT2D eigenvalue weighted by Crippen LogP contribution is 2.08. The van der Waals surface area contributed by atoms with Crippen LogP contribution < -0.4 is 21.7 Å². The first-order valence-electron chi connectivity index (χ1n) is 7.75. The summed E-state index contributed by atoms with van der Waals surface area (Å²) in [6, 6.07) is 15.6. The molecule has 2 rings (SSSR count). The van der Waals surface area contributed by atoms with E-state index in [1.54, 1.807) is 24.3 Å². The number of nitrogens with one attached hydrogen (secondary N) is 3. The Balaban J connectivity index is 1.70. The first-order chi connectivity index (χ1) is 12.0. The predicted octanol–water partition coefficient (Wildman–Crippen LogP) is 1.15. The summed E-state index contributed by atoms with van der Waals surface area (Å²) in [5.41, 5.74) is 7.36. The fourth-order valence-corrected chi connectivity index (χ4v) is 2.13. The minimum atomic E-state index is -0.632. The molecule has 0 unspecified atom stereocenters. The molecule has 0 bridgehead atoms. The zero-order valence-corrected chi connectivity index (χ0v) is 13.6. The number of carbonyl (C=O) groups is 3. The Kier molecular flexibility index (Phi) is 6.53. The molecule has 0 aliphatic heterocycles. The van der Waals surface area contributed by atoms with Crippen molar-refractivity contribution in [3.05, 3.63) is 65.7 Å². The number of urea groups is 1. The third-order valence-electron chi connectivity index (χ3n) is 3.36. The molecule has 0 spiro atoms. The Labute approximate surface area is 145 Å². The van der Waals surface area contributed by atoms with Crippen LogP contribution >= 0.6 is 0 Å². The van der Waals surface area contributed by atoms with Gasteiger partial charge in [-0.1, -0.05) is 42.5 Å². The van der Waals surface area contributed by atoms with Gasteiger partial charge in [-0.2, -0.15) is 0 Å². The van der Waals surface area contributed by atoms with Crippen LogP contribution in [-0.2, 0) is 22.6 Å². The number of nitrogens with two attached hydrogens (primary N) is 1. The third kappa shape index (κ3) is 6.74. The van der Waals surface area contributed by atoms with E-state index < -0.39 is 6.03 Å². The molecule has 7 heteroatoms. The minimum Gasteiger partial charge on any atom is -0.351 e. The minimum absolute atomic E-state index is 0.0764. The second-order valence-electron chi connectivity index (χ2n) is 5.40. The number of carbonyl (C=O) groups excluding carboxylic acids is 3. The highest BCUT2D eigenvalue weighted by molar-refractivity contribution is 5.87. The molecule has 0 aliphatic carbocycles. The largest absolute Gasteiger partial charge is 0.351 e. The molecule has 25 heavy (non-hydrogen) atoms. The summed E-state index contributed by atoms with van der Waals surface area (Å²) in [6.07, 6.45) is 0.239. The third-order valence-corrected chi connectivity index (χ3v) is 3.36. The van der Waals surface area contributed by atoms with Gasteiger partial charge in [0.05, 0.1) is 13.0 Å². The van der Waals surface area contributed by atoms with Crippen molar-refractivity contribution in [3.8, 4) is 0 Å². The summed E-state index contributed by atoms with van der Waals surface area (Å²) in [7, 11) is 0. The Bertz CT molecular complexity index is 730. The van der Waals surface area contributed by atoms with Gasteiger partial charge < -0.3 is 21.7 Å².